The molecule has 1 aromatic carbocycles. The first-order valence-corrected chi connectivity index (χ1v) is 20.6. The zero-order valence-corrected chi connectivity index (χ0v) is 30.4. The van der Waals surface area contributed by atoms with Crippen molar-refractivity contribution in [2.45, 2.75) is 197 Å². The van der Waals surface area contributed by atoms with Crippen LogP contribution in [-0.2, 0) is 16.6 Å². The molecule has 2 aliphatic heterocycles. The van der Waals surface area contributed by atoms with Crippen molar-refractivity contribution >= 4 is 5.97 Å². The first-order chi connectivity index (χ1) is 23.4. The van der Waals surface area contributed by atoms with E-state index in [0.717, 1.165) is 80.0 Å². The topological polar surface area (TPSA) is 70.0 Å². The first kappa shape index (κ1) is 36.0. The van der Waals surface area contributed by atoms with Gasteiger partial charge in [-0.3, -0.25) is 9.69 Å². The number of carboxylic acid groups (broad SMARTS) is 1. The summed E-state index contributed by atoms with van der Waals surface area (Å²) in [5.74, 6) is 0.239. The van der Waals surface area contributed by atoms with Crippen molar-refractivity contribution in [3.63, 3.8) is 0 Å². The second-order valence-electron chi connectivity index (χ2n) is 16.7. The van der Waals surface area contributed by atoms with Gasteiger partial charge in [-0.15, -0.1) is 0 Å². The Morgan fingerprint density at radius 1 is 0.896 bits per heavy atom. The van der Waals surface area contributed by atoms with Gasteiger partial charge in [-0.2, -0.15) is 0 Å². The van der Waals surface area contributed by atoms with Gasteiger partial charge in [-0.05, 0) is 68.5 Å². The van der Waals surface area contributed by atoms with Crippen LogP contribution < -0.4 is 4.74 Å². The first-order valence-electron chi connectivity index (χ1n) is 20.6. The average Bonchev–Trinajstić information content (AvgIpc) is 3.82. The summed E-state index contributed by atoms with van der Waals surface area (Å²) in [5.41, 5.74) is 2.95. The molecule has 6 rings (SSSR count). The molecule has 268 valence electrons. The smallest absolute Gasteiger partial charge is 0.311 e. The van der Waals surface area contributed by atoms with Gasteiger partial charge in [0.2, 0.25) is 0 Å². The molecule has 2 saturated carbocycles. The lowest BCUT2D eigenvalue weighted by Crippen LogP contribution is -2.75. The van der Waals surface area contributed by atoms with Crippen molar-refractivity contribution in [3.8, 4) is 5.75 Å². The number of unbranched alkanes of at least 4 members (excludes halogenated alkanes) is 17. The maximum absolute atomic E-state index is 12.8. The summed E-state index contributed by atoms with van der Waals surface area (Å²) >= 11 is 0. The van der Waals surface area contributed by atoms with Crippen LogP contribution in [0.4, 0.5) is 0 Å². The van der Waals surface area contributed by atoms with Gasteiger partial charge < -0.3 is 14.9 Å². The second kappa shape index (κ2) is 16.4. The van der Waals surface area contributed by atoms with Gasteiger partial charge in [0.15, 0.2) is 0 Å². The third-order valence-corrected chi connectivity index (χ3v) is 13.3. The normalized spacial score (nSPS) is 27.9. The van der Waals surface area contributed by atoms with Gasteiger partial charge in [-0.1, -0.05) is 141 Å². The van der Waals surface area contributed by atoms with E-state index in [1.165, 1.54) is 121 Å². The van der Waals surface area contributed by atoms with Crippen LogP contribution in [-0.4, -0.2) is 51.9 Å². The van der Waals surface area contributed by atoms with Crippen LogP contribution in [0.5, 0.6) is 5.75 Å². The SMILES string of the molecule is C=C1CC[C@@]2(O)C3Cc4ccc(C(CCCCCCCCCCCCCCCCCCCC)C(=O)O)c5c4[C@@]2(CCN3CC2CC2)[C@H]1O5. The number of carboxylic acids is 1. The van der Waals surface area contributed by atoms with Gasteiger partial charge >= 0.3 is 5.97 Å². The Balaban J connectivity index is 0.957. The van der Waals surface area contributed by atoms with E-state index in [1.807, 2.05) is 0 Å². The van der Waals surface area contributed by atoms with E-state index >= 15 is 0 Å². The van der Waals surface area contributed by atoms with Crippen LogP contribution in [0.25, 0.3) is 0 Å². The quantitative estimate of drug-likeness (QED) is 0.0902. The minimum Gasteiger partial charge on any atom is -0.484 e. The Kier molecular flexibility index (Phi) is 12.3. The highest BCUT2D eigenvalue weighted by atomic mass is 16.5. The molecule has 5 aliphatic rings. The number of carbonyl (C=O) groups is 1. The molecule has 5 atom stereocenters. The summed E-state index contributed by atoms with van der Waals surface area (Å²) in [7, 11) is 0. The number of piperidine rings is 1. The number of hydrogen-bond donors (Lipinski definition) is 2. The highest BCUT2D eigenvalue weighted by Gasteiger charge is 2.71. The summed E-state index contributed by atoms with van der Waals surface area (Å²) in [6.45, 7) is 8.81. The van der Waals surface area contributed by atoms with Crippen LogP contribution >= 0.6 is 0 Å². The monoisotopic (exact) mass is 662 g/mol. The van der Waals surface area contributed by atoms with Crippen molar-refractivity contribution < 1.29 is 19.7 Å². The van der Waals surface area contributed by atoms with Gasteiger partial charge in [0.1, 0.15) is 11.9 Å². The van der Waals surface area contributed by atoms with Crippen LogP contribution in [0.3, 0.4) is 0 Å². The lowest BCUT2D eigenvalue weighted by atomic mass is 9.48. The maximum atomic E-state index is 12.8. The standard InChI is InChI=1S/C43H67NO4/c1-3-4-5-6-7-8-9-10-11-12-13-14-15-16-17-18-19-20-21-36(41(45)46)35-25-24-34-30-37-43(47)27-26-32(2)40-42(43,38(34)39(35)48-40)28-29-44(37)31-33-22-23-33/h24-25,33,36-37,40,47H,2-23,26-31H2,1H3,(H,45,46)/t36?,37?,40-,42-,43+/m0/s1. The molecule has 1 saturated heterocycles. The summed E-state index contributed by atoms with van der Waals surface area (Å²) in [4.78, 5) is 15.3. The molecule has 1 spiro atoms. The largest absolute Gasteiger partial charge is 0.484 e. The van der Waals surface area contributed by atoms with Crippen LogP contribution in [0.15, 0.2) is 24.3 Å². The van der Waals surface area contributed by atoms with Crippen molar-refractivity contribution in [2.75, 3.05) is 13.1 Å². The Morgan fingerprint density at radius 2 is 1.48 bits per heavy atom. The highest BCUT2D eigenvalue weighted by molar-refractivity contribution is 5.79. The molecule has 2 N–H and O–H groups in total. The fraction of sp³-hybridized carbons (Fsp3) is 0.791. The summed E-state index contributed by atoms with van der Waals surface area (Å²) in [6, 6.07) is 4.35. The number of likely N-dealkylation sites (tertiary alicyclic amines) is 1. The number of aliphatic carboxylic acids is 1. The minimum absolute atomic E-state index is 0.102. The van der Waals surface area contributed by atoms with Gasteiger partial charge in [-0.25, -0.2) is 0 Å². The van der Waals surface area contributed by atoms with Crippen molar-refractivity contribution in [3.05, 3.63) is 41.0 Å². The predicted octanol–water partition coefficient (Wildman–Crippen LogP) is 10.4. The zero-order chi connectivity index (χ0) is 33.6. The Hall–Kier alpha value is -1.85. The summed E-state index contributed by atoms with van der Waals surface area (Å²) in [6.07, 6.45) is 30.2. The molecule has 1 aromatic rings. The molecular weight excluding hydrogens is 594 g/mol. The molecule has 0 radical (unpaired) electrons. The third-order valence-electron chi connectivity index (χ3n) is 13.3. The number of nitrogens with zero attached hydrogens (tertiary/aromatic N) is 1. The minimum atomic E-state index is -0.852. The molecule has 0 aromatic heterocycles. The number of hydrogen-bond acceptors (Lipinski definition) is 4. The van der Waals surface area contributed by atoms with Crippen LogP contribution in [0.2, 0.25) is 0 Å². The third kappa shape index (κ3) is 7.43. The molecule has 2 unspecified atom stereocenters. The van der Waals surface area contributed by atoms with E-state index in [-0.39, 0.29) is 12.1 Å². The van der Waals surface area contributed by atoms with E-state index < -0.39 is 22.9 Å². The Bertz CT molecular complexity index is 1240. The van der Waals surface area contributed by atoms with E-state index in [4.69, 9.17) is 4.74 Å². The molecular formula is C43H67NO4. The molecule has 3 aliphatic carbocycles. The molecule has 0 amide bonds. The van der Waals surface area contributed by atoms with Crippen molar-refractivity contribution in [1.29, 1.82) is 0 Å². The number of rotatable bonds is 23. The zero-order valence-electron chi connectivity index (χ0n) is 30.4. The van der Waals surface area contributed by atoms with E-state index in [0.29, 0.717) is 6.42 Å². The Morgan fingerprint density at radius 3 is 2.04 bits per heavy atom. The average molecular weight is 662 g/mol. The lowest BCUT2D eigenvalue weighted by Gasteiger charge is -2.63. The van der Waals surface area contributed by atoms with Gasteiger partial charge in [0, 0.05) is 23.7 Å². The fourth-order valence-corrected chi connectivity index (χ4v) is 10.4. The Labute approximate surface area is 292 Å². The predicted molar refractivity (Wildman–Crippen MR) is 196 cm³/mol. The highest BCUT2D eigenvalue weighted by Crippen LogP contribution is 2.66. The summed E-state index contributed by atoms with van der Waals surface area (Å²) in [5, 5.41) is 23.1. The van der Waals surface area contributed by atoms with E-state index in [1.54, 1.807) is 0 Å². The molecule has 2 heterocycles. The molecule has 48 heavy (non-hydrogen) atoms. The fourth-order valence-electron chi connectivity index (χ4n) is 10.4. The maximum Gasteiger partial charge on any atom is 0.311 e. The van der Waals surface area contributed by atoms with E-state index in [9.17, 15) is 15.0 Å². The molecule has 5 nitrogen and oxygen atoms in total. The summed E-state index contributed by atoms with van der Waals surface area (Å²) < 4.78 is 6.85. The number of benzene rings is 1. The van der Waals surface area contributed by atoms with Crippen LogP contribution in [0, 0.1) is 5.92 Å². The van der Waals surface area contributed by atoms with E-state index in [2.05, 4.69) is 30.5 Å². The van der Waals surface area contributed by atoms with Crippen LogP contribution in [0.1, 0.15) is 184 Å². The molecule has 5 heteroatoms. The molecule has 3 fully saturated rings. The number of aliphatic hydroxyl groups is 1. The lowest BCUT2D eigenvalue weighted by molar-refractivity contribution is -0.174. The van der Waals surface area contributed by atoms with Crippen molar-refractivity contribution in [2.24, 2.45) is 5.92 Å². The number of ether oxygens (including phenoxy) is 1. The molecule has 2 bridgehead atoms. The van der Waals surface area contributed by atoms with Crippen molar-refractivity contribution in [1.82, 2.24) is 4.90 Å². The van der Waals surface area contributed by atoms with Gasteiger partial charge in [0.05, 0.1) is 16.9 Å². The van der Waals surface area contributed by atoms with Gasteiger partial charge in [0.25, 0.3) is 0 Å². The second-order valence-corrected chi connectivity index (χ2v) is 16.7.